The van der Waals surface area contributed by atoms with E-state index in [1.54, 1.807) is 49.4 Å². The van der Waals surface area contributed by atoms with Crippen LogP contribution in [0.5, 0.6) is 0 Å². The van der Waals surface area contributed by atoms with Gasteiger partial charge < -0.3 is 10.2 Å². The van der Waals surface area contributed by atoms with E-state index in [2.05, 4.69) is 5.32 Å². The number of nitrogens with zero attached hydrogens (tertiary/aromatic N) is 2. The number of rotatable bonds is 11. The molecule has 224 valence electrons. The Morgan fingerprint density at radius 2 is 1.62 bits per heavy atom. The highest BCUT2D eigenvalue weighted by Gasteiger charge is 2.35. The molecule has 1 aliphatic rings. The van der Waals surface area contributed by atoms with Gasteiger partial charge in [0.15, 0.2) is 0 Å². The Hall–Kier alpha value is -3.36. The van der Waals surface area contributed by atoms with Gasteiger partial charge in [-0.3, -0.25) is 13.9 Å². The van der Waals surface area contributed by atoms with Crippen molar-refractivity contribution in [2.24, 2.45) is 0 Å². The van der Waals surface area contributed by atoms with E-state index >= 15 is 0 Å². The maximum Gasteiger partial charge on any atom is 0.264 e. The third-order valence-corrected chi connectivity index (χ3v) is 9.86. The van der Waals surface area contributed by atoms with Crippen LogP contribution in [-0.2, 0) is 26.2 Å². The SMILES string of the molecule is CCC(C(=O)NC1CCCCC1)N(Cc1ccccc1)C(=O)CN(c1ccc(Cl)cc1C)S(=O)(=O)c1ccc(C)cc1. The fourth-order valence-electron chi connectivity index (χ4n) is 5.49. The number of hydrogen-bond acceptors (Lipinski definition) is 4. The van der Waals surface area contributed by atoms with E-state index in [-0.39, 0.29) is 23.4 Å². The number of hydrogen-bond donors (Lipinski definition) is 1. The van der Waals surface area contributed by atoms with Crippen LogP contribution in [0.15, 0.2) is 77.7 Å². The molecule has 42 heavy (non-hydrogen) atoms. The molecule has 0 aliphatic heterocycles. The van der Waals surface area contributed by atoms with Crippen molar-refractivity contribution in [1.29, 1.82) is 0 Å². The van der Waals surface area contributed by atoms with Crippen LogP contribution in [0.1, 0.15) is 62.1 Å². The van der Waals surface area contributed by atoms with E-state index in [9.17, 15) is 18.0 Å². The molecule has 3 aromatic rings. The molecule has 0 radical (unpaired) electrons. The molecule has 1 aliphatic carbocycles. The van der Waals surface area contributed by atoms with Gasteiger partial charge in [0.05, 0.1) is 10.6 Å². The Kier molecular flexibility index (Phi) is 10.7. The standard InChI is InChI=1S/C33H40ClN3O4S/c1-4-30(33(39)35-28-13-9-6-10-14-28)36(22-26-11-7-5-8-12-26)32(38)23-37(31-20-17-27(34)21-25(31)3)42(40,41)29-18-15-24(2)16-19-29/h5,7-8,11-12,15-21,28,30H,4,6,9-10,13-14,22-23H2,1-3H3,(H,35,39). The molecule has 0 saturated heterocycles. The van der Waals surface area contributed by atoms with Crippen LogP contribution >= 0.6 is 11.6 Å². The van der Waals surface area contributed by atoms with Gasteiger partial charge in [0, 0.05) is 17.6 Å². The summed E-state index contributed by atoms with van der Waals surface area (Å²) in [5.74, 6) is -0.668. The Morgan fingerprint density at radius 3 is 2.24 bits per heavy atom. The van der Waals surface area contributed by atoms with E-state index < -0.39 is 28.5 Å². The molecule has 0 heterocycles. The number of carbonyl (C=O) groups excluding carboxylic acids is 2. The molecular formula is C33H40ClN3O4S. The van der Waals surface area contributed by atoms with Gasteiger partial charge in [-0.05, 0) is 74.6 Å². The Bertz CT molecular complexity index is 1470. The number of sulfonamides is 1. The zero-order valence-corrected chi connectivity index (χ0v) is 26.1. The highest BCUT2D eigenvalue weighted by molar-refractivity contribution is 7.92. The summed E-state index contributed by atoms with van der Waals surface area (Å²) in [6.07, 6.45) is 5.54. The monoisotopic (exact) mass is 609 g/mol. The first-order chi connectivity index (χ1) is 20.1. The summed E-state index contributed by atoms with van der Waals surface area (Å²) in [4.78, 5) is 29.5. The number of anilines is 1. The summed E-state index contributed by atoms with van der Waals surface area (Å²) in [6, 6.07) is 20.2. The molecule has 4 rings (SSSR count). The lowest BCUT2D eigenvalue weighted by atomic mass is 9.95. The first-order valence-corrected chi connectivity index (χ1v) is 16.4. The van der Waals surface area contributed by atoms with Crippen LogP contribution in [0.2, 0.25) is 5.02 Å². The summed E-state index contributed by atoms with van der Waals surface area (Å²) >= 11 is 6.20. The van der Waals surface area contributed by atoms with Crippen molar-refractivity contribution in [3.8, 4) is 0 Å². The third-order valence-electron chi connectivity index (χ3n) is 7.85. The van der Waals surface area contributed by atoms with Crippen LogP contribution in [0.4, 0.5) is 5.69 Å². The summed E-state index contributed by atoms with van der Waals surface area (Å²) in [5, 5.41) is 3.64. The summed E-state index contributed by atoms with van der Waals surface area (Å²) in [5.41, 5.74) is 2.74. The second-order valence-electron chi connectivity index (χ2n) is 11.0. The van der Waals surface area contributed by atoms with Crippen molar-refractivity contribution in [3.63, 3.8) is 0 Å². The van der Waals surface area contributed by atoms with Gasteiger partial charge in [0.1, 0.15) is 12.6 Å². The van der Waals surface area contributed by atoms with Crippen molar-refractivity contribution >= 4 is 39.1 Å². The molecule has 1 fully saturated rings. The first kappa shape index (κ1) is 31.6. The molecule has 1 saturated carbocycles. The zero-order chi connectivity index (χ0) is 30.3. The molecule has 9 heteroatoms. The summed E-state index contributed by atoms with van der Waals surface area (Å²) in [7, 11) is -4.14. The van der Waals surface area contributed by atoms with Crippen LogP contribution in [-0.4, -0.2) is 43.8 Å². The Balaban J connectivity index is 1.72. The lowest BCUT2D eigenvalue weighted by Gasteiger charge is -2.34. The van der Waals surface area contributed by atoms with Crippen LogP contribution in [0.25, 0.3) is 0 Å². The highest BCUT2D eigenvalue weighted by Crippen LogP contribution is 2.30. The molecule has 0 aromatic heterocycles. The number of halogens is 1. The van der Waals surface area contributed by atoms with Gasteiger partial charge in [0.25, 0.3) is 10.0 Å². The number of nitrogens with one attached hydrogen (secondary N) is 1. The fourth-order valence-corrected chi connectivity index (χ4v) is 7.20. The van der Waals surface area contributed by atoms with Crippen molar-refractivity contribution < 1.29 is 18.0 Å². The van der Waals surface area contributed by atoms with E-state index in [1.165, 1.54) is 4.90 Å². The van der Waals surface area contributed by atoms with E-state index in [4.69, 9.17) is 11.6 Å². The Morgan fingerprint density at radius 1 is 0.952 bits per heavy atom. The van der Waals surface area contributed by atoms with Crippen molar-refractivity contribution in [1.82, 2.24) is 10.2 Å². The molecule has 1 N–H and O–H groups in total. The minimum Gasteiger partial charge on any atom is -0.352 e. The largest absolute Gasteiger partial charge is 0.352 e. The predicted molar refractivity (Wildman–Crippen MR) is 168 cm³/mol. The predicted octanol–water partition coefficient (Wildman–Crippen LogP) is 6.41. The summed E-state index contributed by atoms with van der Waals surface area (Å²) < 4.78 is 29.3. The quantitative estimate of drug-likeness (QED) is 0.272. The average Bonchev–Trinajstić information content (AvgIpc) is 2.97. The highest BCUT2D eigenvalue weighted by atomic mass is 35.5. The lowest BCUT2D eigenvalue weighted by Crippen LogP contribution is -2.54. The maximum absolute atomic E-state index is 14.3. The van der Waals surface area contributed by atoms with Crippen LogP contribution in [0, 0.1) is 13.8 Å². The van der Waals surface area contributed by atoms with Gasteiger partial charge in [-0.1, -0.05) is 85.8 Å². The number of carbonyl (C=O) groups is 2. The third kappa shape index (κ3) is 7.72. The molecule has 0 spiro atoms. The molecule has 1 atom stereocenters. The summed E-state index contributed by atoms with van der Waals surface area (Å²) in [6.45, 7) is 5.22. The van der Waals surface area contributed by atoms with Crippen molar-refractivity contribution in [3.05, 3.63) is 94.5 Å². The van der Waals surface area contributed by atoms with Crippen molar-refractivity contribution in [2.45, 2.75) is 82.8 Å². The average molecular weight is 610 g/mol. The number of aryl methyl sites for hydroxylation is 2. The molecule has 1 unspecified atom stereocenters. The second kappa shape index (κ2) is 14.2. The number of amides is 2. The number of benzene rings is 3. The molecule has 7 nitrogen and oxygen atoms in total. The minimum absolute atomic E-state index is 0.0759. The fraction of sp³-hybridized carbons (Fsp3) is 0.394. The molecular weight excluding hydrogens is 570 g/mol. The van der Waals surface area contributed by atoms with Crippen LogP contribution in [0.3, 0.4) is 0 Å². The van der Waals surface area contributed by atoms with E-state index in [0.717, 1.165) is 47.5 Å². The van der Waals surface area contributed by atoms with Crippen molar-refractivity contribution in [2.75, 3.05) is 10.8 Å². The molecule has 3 aromatic carbocycles. The normalized spacial score (nSPS) is 14.7. The zero-order valence-electron chi connectivity index (χ0n) is 24.6. The second-order valence-corrected chi connectivity index (χ2v) is 13.3. The smallest absolute Gasteiger partial charge is 0.264 e. The van der Waals surface area contributed by atoms with Gasteiger partial charge in [-0.2, -0.15) is 0 Å². The maximum atomic E-state index is 14.3. The lowest BCUT2D eigenvalue weighted by molar-refractivity contribution is -0.140. The topological polar surface area (TPSA) is 86.8 Å². The van der Waals surface area contributed by atoms with Gasteiger partial charge in [-0.25, -0.2) is 8.42 Å². The van der Waals surface area contributed by atoms with Gasteiger partial charge in [-0.15, -0.1) is 0 Å². The van der Waals surface area contributed by atoms with E-state index in [0.29, 0.717) is 22.7 Å². The van der Waals surface area contributed by atoms with Gasteiger partial charge in [0.2, 0.25) is 11.8 Å². The van der Waals surface area contributed by atoms with E-state index in [1.807, 2.05) is 44.2 Å². The molecule has 2 amide bonds. The van der Waals surface area contributed by atoms with Crippen LogP contribution < -0.4 is 9.62 Å². The molecule has 0 bridgehead atoms. The Labute approximate surface area is 254 Å². The minimum atomic E-state index is -4.14. The first-order valence-electron chi connectivity index (χ1n) is 14.6. The van der Waals surface area contributed by atoms with Gasteiger partial charge >= 0.3 is 0 Å².